The average molecular weight is 260 g/mol. The maximum Gasteiger partial charge on any atom is 0.213 e. The molecule has 1 unspecified atom stereocenters. The van der Waals surface area contributed by atoms with Crippen molar-refractivity contribution in [3.63, 3.8) is 0 Å². The third-order valence-corrected chi connectivity index (χ3v) is 3.80. The minimum absolute atomic E-state index is 0.0255. The molecule has 0 aliphatic heterocycles. The lowest BCUT2D eigenvalue weighted by Gasteiger charge is -2.15. The van der Waals surface area contributed by atoms with Gasteiger partial charge in [-0.15, -0.1) is 0 Å². The Morgan fingerprint density at radius 2 is 2.00 bits per heavy atom. The maximum atomic E-state index is 13.4. The Kier molecular flexibility index (Phi) is 5.04. The highest BCUT2D eigenvalue weighted by molar-refractivity contribution is 7.89. The smallest absolute Gasteiger partial charge is 0.213 e. The molecule has 0 bridgehead atoms. The van der Waals surface area contributed by atoms with Gasteiger partial charge in [0.05, 0.1) is 5.75 Å². The molecule has 0 saturated carbocycles. The summed E-state index contributed by atoms with van der Waals surface area (Å²) in [6, 6.07) is 5.56. The lowest BCUT2D eigenvalue weighted by atomic mass is 10.1. The van der Waals surface area contributed by atoms with Crippen molar-refractivity contribution in [3.8, 4) is 0 Å². The summed E-state index contributed by atoms with van der Waals surface area (Å²) in [6.45, 7) is 1.98. The Hall–Kier alpha value is -0.980. The van der Waals surface area contributed by atoms with Crippen LogP contribution >= 0.6 is 0 Å². The topological polar surface area (TPSA) is 58.2 Å². The predicted octanol–water partition coefficient (Wildman–Crippen LogP) is 1.03. The summed E-state index contributed by atoms with van der Waals surface area (Å²) < 4.78 is 39.1. The number of hydrogen-bond acceptors (Lipinski definition) is 3. The van der Waals surface area contributed by atoms with Crippen molar-refractivity contribution in [1.82, 2.24) is 10.0 Å². The van der Waals surface area contributed by atoms with Crippen LogP contribution in [-0.2, 0) is 10.0 Å². The van der Waals surface area contributed by atoms with E-state index >= 15 is 0 Å². The molecule has 0 aliphatic rings. The molecule has 0 saturated heterocycles. The van der Waals surface area contributed by atoms with Crippen molar-refractivity contribution in [2.75, 3.05) is 19.3 Å². The SMILES string of the molecule is CNCCS(=O)(=O)NC(C)c1ccccc1F. The number of halogens is 1. The molecular formula is C11H17FN2O2S. The molecule has 0 radical (unpaired) electrons. The van der Waals surface area contributed by atoms with Gasteiger partial charge in [-0.25, -0.2) is 17.5 Å². The van der Waals surface area contributed by atoms with Crippen molar-refractivity contribution in [3.05, 3.63) is 35.6 Å². The molecule has 0 aromatic heterocycles. The second-order valence-electron chi connectivity index (χ2n) is 3.78. The molecule has 96 valence electrons. The summed E-state index contributed by atoms with van der Waals surface area (Å²) in [5, 5.41) is 2.75. The molecule has 0 heterocycles. The Bertz CT molecular complexity index is 462. The second-order valence-corrected chi connectivity index (χ2v) is 5.66. The number of sulfonamides is 1. The van der Waals surface area contributed by atoms with Crippen LogP contribution in [-0.4, -0.2) is 27.8 Å². The quantitative estimate of drug-likeness (QED) is 0.803. The van der Waals surface area contributed by atoms with E-state index in [0.29, 0.717) is 12.1 Å². The molecule has 0 fully saturated rings. The summed E-state index contributed by atoms with van der Waals surface area (Å²) >= 11 is 0. The average Bonchev–Trinajstić information content (AvgIpc) is 2.26. The van der Waals surface area contributed by atoms with E-state index in [1.54, 1.807) is 32.2 Å². The normalized spacial score (nSPS) is 13.6. The van der Waals surface area contributed by atoms with Crippen LogP contribution in [0.2, 0.25) is 0 Å². The largest absolute Gasteiger partial charge is 0.319 e. The van der Waals surface area contributed by atoms with Gasteiger partial charge in [-0.3, -0.25) is 0 Å². The minimum atomic E-state index is -3.39. The summed E-state index contributed by atoms with van der Waals surface area (Å²) in [4.78, 5) is 0. The van der Waals surface area contributed by atoms with Gasteiger partial charge in [0.25, 0.3) is 0 Å². The monoisotopic (exact) mass is 260 g/mol. The highest BCUT2D eigenvalue weighted by Crippen LogP contribution is 2.16. The summed E-state index contributed by atoms with van der Waals surface area (Å²) in [6.07, 6.45) is 0. The number of benzene rings is 1. The van der Waals surface area contributed by atoms with Crippen LogP contribution < -0.4 is 10.0 Å². The first kappa shape index (κ1) is 14.1. The van der Waals surface area contributed by atoms with Crippen LogP contribution in [0.3, 0.4) is 0 Å². The fourth-order valence-corrected chi connectivity index (χ4v) is 2.71. The van der Waals surface area contributed by atoms with Crippen LogP contribution in [0, 0.1) is 5.82 Å². The van der Waals surface area contributed by atoms with Gasteiger partial charge in [0.1, 0.15) is 5.82 Å². The molecular weight excluding hydrogens is 243 g/mol. The van der Waals surface area contributed by atoms with E-state index in [1.807, 2.05) is 0 Å². The molecule has 1 aromatic rings. The summed E-state index contributed by atoms with van der Waals surface area (Å²) in [5.74, 6) is -0.432. The number of nitrogens with one attached hydrogen (secondary N) is 2. The van der Waals surface area contributed by atoms with E-state index in [-0.39, 0.29) is 5.75 Å². The van der Waals surface area contributed by atoms with Crippen LogP contribution in [0.1, 0.15) is 18.5 Å². The van der Waals surface area contributed by atoms with E-state index in [2.05, 4.69) is 10.0 Å². The van der Waals surface area contributed by atoms with Gasteiger partial charge in [0.15, 0.2) is 0 Å². The molecule has 1 rings (SSSR count). The standard InChI is InChI=1S/C11H17FN2O2S/c1-9(10-5-3-4-6-11(10)12)14-17(15,16)8-7-13-2/h3-6,9,13-14H,7-8H2,1-2H3. The van der Waals surface area contributed by atoms with Gasteiger partial charge >= 0.3 is 0 Å². The Balaban J connectivity index is 2.73. The van der Waals surface area contributed by atoms with Crippen LogP contribution in [0.4, 0.5) is 4.39 Å². The molecule has 1 aromatic carbocycles. The van der Waals surface area contributed by atoms with Gasteiger partial charge in [0, 0.05) is 18.2 Å². The Morgan fingerprint density at radius 3 is 2.59 bits per heavy atom. The lowest BCUT2D eigenvalue weighted by molar-refractivity contribution is 0.548. The second kappa shape index (κ2) is 6.09. The zero-order valence-corrected chi connectivity index (χ0v) is 10.7. The number of rotatable bonds is 6. The summed E-state index contributed by atoms with van der Waals surface area (Å²) in [7, 11) is -1.71. The van der Waals surface area contributed by atoms with Crippen LogP contribution in [0.5, 0.6) is 0 Å². The highest BCUT2D eigenvalue weighted by Gasteiger charge is 2.17. The first-order chi connectivity index (χ1) is 7.96. The van der Waals surface area contributed by atoms with E-state index < -0.39 is 21.9 Å². The first-order valence-corrected chi connectivity index (χ1v) is 7.00. The molecule has 17 heavy (non-hydrogen) atoms. The molecule has 0 amide bonds. The summed E-state index contributed by atoms with van der Waals surface area (Å²) in [5.41, 5.74) is 0.348. The first-order valence-electron chi connectivity index (χ1n) is 5.35. The van der Waals surface area contributed by atoms with Crippen molar-refractivity contribution in [2.24, 2.45) is 0 Å². The fraction of sp³-hybridized carbons (Fsp3) is 0.455. The Morgan fingerprint density at radius 1 is 1.35 bits per heavy atom. The third kappa shape index (κ3) is 4.41. The van der Waals surface area contributed by atoms with Crippen molar-refractivity contribution < 1.29 is 12.8 Å². The molecule has 1 atom stereocenters. The van der Waals surface area contributed by atoms with Crippen LogP contribution in [0.15, 0.2) is 24.3 Å². The fourth-order valence-electron chi connectivity index (χ4n) is 1.45. The highest BCUT2D eigenvalue weighted by atomic mass is 32.2. The van der Waals surface area contributed by atoms with Gasteiger partial charge < -0.3 is 5.32 Å². The zero-order chi connectivity index (χ0) is 12.9. The zero-order valence-electron chi connectivity index (χ0n) is 9.90. The van der Waals surface area contributed by atoms with E-state index in [9.17, 15) is 12.8 Å². The molecule has 2 N–H and O–H groups in total. The van der Waals surface area contributed by atoms with E-state index in [0.717, 1.165) is 0 Å². The van der Waals surface area contributed by atoms with Gasteiger partial charge in [0.2, 0.25) is 10.0 Å². The Labute approximate surface area is 101 Å². The van der Waals surface area contributed by atoms with E-state index in [4.69, 9.17) is 0 Å². The molecule has 0 aliphatic carbocycles. The molecule has 0 spiro atoms. The van der Waals surface area contributed by atoms with Crippen LogP contribution in [0.25, 0.3) is 0 Å². The van der Waals surface area contributed by atoms with Crippen molar-refractivity contribution in [1.29, 1.82) is 0 Å². The molecule has 4 nitrogen and oxygen atoms in total. The maximum absolute atomic E-state index is 13.4. The third-order valence-electron chi connectivity index (χ3n) is 2.35. The molecule has 6 heteroatoms. The predicted molar refractivity (Wildman–Crippen MR) is 65.7 cm³/mol. The van der Waals surface area contributed by atoms with E-state index in [1.165, 1.54) is 6.07 Å². The van der Waals surface area contributed by atoms with Crippen molar-refractivity contribution >= 4 is 10.0 Å². The number of hydrogen-bond donors (Lipinski definition) is 2. The van der Waals surface area contributed by atoms with Gasteiger partial charge in [-0.05, 0) is 20.0 Å². The minimum Gasteiger partial charge on any atom is -0.319 e. The van der Waals surface area contributed by atoms with Gasteiger partial charge in [-0.2, -0.15) is 0 Å². The lowest BCUT2D eigenvalue weighted by Crippen LogP contribution is -2.33. The van der Waals surface area contributed by atoms with Gasteiger partial charge in [-0.1, -0.05) is 18.2 Å². The van der Waals surface area contributed by atoms with Crippen molar-refractivity contribution in [2.45, 2.75) is 13.0 Å².